The molecule has 8 nitrogen and oxygen atoms in total. The van der Waals surface area contributed by atoms with Crippen molar-refractivity contribution in [2.45, 2.75) is 12.6 Å². The zero-order chi connectivity index (χ0) is 16.7. The molecule has 0 aromatic heterocycles. The molecule has 2 rings (SSSR count). The van der Waals surface area contributed by atoms with Crippen LogP contribution < -0.4 is 20.5 Å². The Morgan fingerprint density at radius 3 is 2.83 bits per heavy atom. The number of amides is 2. The van der Waals surface area contributed by atoms with E-state index in [9.17, 15) is 9.59 Å². The lowest BCUT2D eigenvalue weighted by Gasteiger charge is -2.22. The highest BCUT2D eigenvalue weighted by molar-refractivity contribution is 5.81. The molecule has 1 atom stereocenters. The highest BCUT2D eigenvalue weighted by Crippen LogP contribution is 2.28. The van der Waals surface area contributed by atoms with E-state index in [1.54, 1.807) is 18.2 Å². The summed E-state index contributed by atoms with van der Waals surface area (Å²) in [6.07, 6.45) is -0.580. The van der Waals surface area contributed by atoms with E-state index in [0.717, 1.165) is 5.56 Å². The summed E-state index contributed by atoms with van der Waals surface area (Å²) >= 11 is 0. The fraction of sp³-hybridized carbons (Fsp3) is 0.467. The second-order valence-corrected chi connectivity index (χ2v) is 4.89. The van der Waals surface area contributed by atoms with Gasteiger partial charge in [-0.25, -0.2) is 0 Å². The predicted molar refractivity (Wildman–Crippen MR) is 80.1 cm³/mol. The van der Waals surface area contributed by atoms with Gasteiger partial charge in [0.1, 0.15) is 0 Å². The number of nitrogens with one attached hydrogen (secondary N) is 1. The molecule has 0 bridgehead atoms. The van der Waals surface area contributed by atoms with Gasteiger partial charge in [0.15, 0.2) is 24.2 Å². The third kappa shape index (κ3) is 5.11. The van der Waals surface area contributed by atoms with Crippen molar-refractivity contribution in [2.24, 2.45) is 5.73 Å². The summed E-state index contributed by atoms with van der Waals surface area (Å²) in [6, 6.07) is 5.13. The topological polar surface area (TPSA) is 109 Å². The van der Waals surface area contributed by atoms with Crippen molar-refractivity contribution >= 4 is 11.8 Å². The summed E-state index contributed by atoms with van der Waals surface area (Å²) in [4.78, 5) is 22.7. The molecule has 0 aliphatic carbocycles. The second-order valence-electron chi connectivity index (χ2n) is 4.89. The number of carbonyl (C=O) groups is 2. The summed E-state index contributed by atoms with van der Waals surface area (Å²) in [5, 5.41) is 2.78. The van der Waals surface area contributed by atoms with Crippen LogP contribution in [0.3, 0.4) is 0 Å². The third-order valence-electron chi connectivity index (χ3n) is 3.17. The minimum atomic E-state index is -0.580. The van der Waals surface area contributed by atoms with Crippen molar-refractivity contribution in [1.82, 2.24) is 5.32 Å². The average molecular weight is 324 g/mol. The predicted octanol–water partition coefficient (Wildman–Crippen LogP) is -0.409. The van der Waals surface area contributed by atoms with E-state index >= 15 is 0 Å². The standard InChI is InChI=1S/C15H20N2O6/c1-20-12-6-10(2-3-11(12)23-9-14(16)18)7-17-15(19)13-8-21-4-5-22-13/h2-3,6,13H,4-5,7-9H2,1H3,(H2,16,18)(H,17,19)/t13-/m1/s1. The van der Waals surface area contributed by atoms with Crippen LogP contribution in [0.15, 0.2) is 18.2 Å². The van der Waals surface area contributed by atoms with Crippen molar-refractivity contribution in [1.29, 1.82) is 0 Å². The second kappa shape index (κ2) is 8.35. The van der Waals surface area contributed by atoms with Gasteiger partial charge in [-0.05, 0) is 17.7 Å². The van der Waals surface area contributed by atoms with E-state index in [0.29, 0.717) is 31.3 Å². The van der Waals surface area contributed by atoms with Crippen LogP contribution >= 0.6 is 0 Å². The SMILES string of the molecule is COc1cc(CNC(=O)[C@H]2COCCO2)ccc1OCC(N)=O. The highest BCUT2D eigenvalue weighted by atomic mass is 16.6. The Bertz CT molecular complexity index is 557. The Kier molecular flexibility index (Phi) is 6.19. The first-order valence-electron chi connectivity index (χ1n) is 7.15. The van der Waals surface area contributed by atoms with E-state index in [4.69, 9.17) is 24.7 Å². The summed E-state index contributed by atoms with van der Waals surface area (Å²) in [6.45, 7) is 1.26. The molecule has 126 valence electrons. The van der Waals surface area contributed by atoms with E-state index < -0.39 is 12.0 Å². The zero-order valence-corrected chi connectivity index (χ0v) is 12.9. The van der Waals surface area contributed by atoms with Gasteiger partial charge in [-0.3, -0.25) is 9.59 Å². The number of primary amides is 1. The molecule has 23 heavy (non-hydrogen) atoms. The normalized spacial score (nSPS) is 17.3. The van der Waals surface area contributed by atoms with Crippen LogP contribution in [0.1, 0.15) is 5.56 Å². The van der Waals surface area contributed by atoms with Crippen molar-refractivity contribution < 1.29 is 28.5 Å². The first-order chi connectivity index (χ1) is 11.1. The first-order valence-corrected chi connectivity index (χ1v) is 7.15. The van der Waals surface area contributed by atoms with E-state index in [1.807, 2.05) is 0 Å². The van der Waals surface area contributed by atoms with Gasteiger partial charge in [0.25, 0.3) is 11.8 Å². The highest BCUT2D eigenvalue weighted by Gasteiger charge is 2.22. The number of methoxy groups -OCH3 is 1. The zero-order valence-electron chi connectivity index (χ0n) is 12.9. The maximum Gasteiger partial charge on any atom is 0.255 e. The van der Waals surface area contributed by atoms with Crippen LogP contribution in [0.2, 0.25) is 0 Å². The third-order valence-corrected chi connectivity index (χ3v) is 3.17. The minimum Gasteiger partial charge on any atom is -0.493 e. The lowest BCUT2D eigenvalue weighted by atomic mass is 10.2. The average Bonchev–Trinajstić information content (AvgIpc) is 2.58. The number of rotatable bonds is 7. The molecule has 0 unspecified atom stereocenters. The van der Waals surface area contributed by atoms with Crippen LogP contribution in [-0.4, -0.2) is 51.5 Å². The van der Waals surface area contributed by atoms with E-state index in [-0.39, 0.29) is 19.1 Å². The van der Waals surface area contributed by atoms with Crippen molar-refractivity contribution in [2.75, 3.05) is 33.5 Å². The lowest BCUT2D eigenvalue weighted by Crippen LogP contribution is -2.42. The number of hydrogen-bond donors (Lipinski definition) is 2. The largest absolute Gasteiger partial charge is 0.493 e. The first kappa shape index (κ1) is 17.0. The van der Waals surface area contributed by atoms with Gasteiger partial charge in [0.2, 0.25) is 0 Å². The van der Waals surface area contributed by atoms with Gasteiger partial charge >= 0.3 is 0 Å². The summed E-state index contributed by atoms with van der Waals surface area (Å²) < 4.78 is 21.0. The molecule has 1 aromatic rings. The van der Waals surface area contributed by atoms with E-state index in [1.165, 1.54) is 7.11 Å². The maximum atomic E-state index is 11.9. The molecule has 3 N–H and O–H groups in total. The van der Waals surface area contributed by atoms with Crippen LogP contribution in [0.4, 0.5) is 0 Å². The molecule has 0 spiro atoms. The van der Waals surface area contributed by atoms with Crippen LogP contribution in [0.5, 0.6) is 11.5 Å². The monoisotopic (exact) mass is 324 g/mol. The molecule has 1 aliphatic heterocycles. The maximum absolute atomic E-state index is 11.9. The molecule has 1 fully saturated rings. The van der Waals surface area contributed by atoms with Gasteiger partial charge in [-0.15, -0.1) is 0 Å². The minimum absolute atomic E-state index is 0.224. The molecule has 1 aliphatic rings. The molecule has 0 saturated carbocycles. The summed E-state index contributed by atoms with van der Waals surface area (Å²) in [7, 11) is 1.49. The fourth-order valence-electron chi connectivity index (χ4n) is 2.03. The molecule has 0 radical (unpaired) electrons. The number of carbonyl (C=O) groups excluding carboxylic acids is 2. The van der Waals surface area contributed by atoms with Crippen molar-refractivity contribution in [3.63, 3.8) is 0 Å². The van der Waals surface area contributed by atoms with Crippen LogP contribution in [0.25, 0.3) is 0 Å². The molecule has 1 aromatic carbocycles. The molecule has 1 saturated heterocycles. The molecule has 8 heteroatoms. The quantitative estimate of drug-likeness (QED) is 0.706. The number of hydrogen-bond acceptors (Lipinski definition) is 6. The van der Waals surface area contributed by atoms with E-state index in [2.05, 4.69) is 5.32 Å². The molecule has 1 heterocycles. The van der Waals surface area contributed by atoms with Crippen LogP contribution in [0, 0.1) is 0 Å². The Balaban J connectivity index is 1.92. The number of benzene rings is 1. The molecular formula is C15H20N2O6. The van der Waals surface area contributed by atoms with Gasteiger partial charge < -0.3 is 30.0 Å². The molecule has 2 amide bonds. The fourth-order valence-corrected chi connectivity index (χ4v) is 2.03. The smallest absolute Gasteiger partial charge is 0.255 e. The Morgan fingerprint density at radius 2 is 2.17 bits per heavy atom. The van der Waals surface area contributed by atoms with Gasteiger partial charge in [0.05, 0.1) is 26.9 Å². The lowest BCUT2D eigenvalue weighted by molar-refractivity contribution is -0.147. The summed E-state index contributed by atoms with van der Waals surface area (Å²) in [5.74, 6) is 0.0662. The molecular weight excluding hydrogens is 304 g/mol. The Hall–Kier alpha value is -2.32. The number of nitrogens with two attached hydrogens (primary N) is 1. The Morgan fingerprint density at radius 1 is 1.35 bits per heavy atom. The van der Waals surface area contributed by atoms with Gasteiger partial charge in [0, 0.05) is 6.54 Å². The van der Waals surface area contributed by atoms with Gasteiger partial charge in [-0.2, -0.15) is 0 Å². The Labute approximate surface area is 133 Å². The summed E-state index contributed by atoms with van der Waals surface area (Å²) in [5.41, 5.74) is 5.86. The number of ether oxygens (including phenoxy) is 4. The van der Waals surface area contributed by atoms with Gasteiger partial charge in [-0.1, -0.05) is 6.07 Å². The van der Waals surface area contributed by atoms with Crippen LogP contribution in [-0.2, 0) is 25.6 Å². The van der Waals surface area contributed by atoms with Crippen molar-refractivity contribution in [3.8, 4) is 11.5 Å². The van der Waals surface area contributed by atoms with Crippen molar-refractivity contribution in [3.05, 3.63) is 23.8 Å².